The minimum absolute atomic E-state index is 0.101. The zero-order valence-corrected chi connectivity index (χ0v) is 10.7. The van der Waals surface area contributed by atoms with E-state index in [9.17, 15) is 14.3 Å². The maximum Gasteiger partial charge on any atom is 0.336 e. The number of carboxylic acids is 1. The molecule has 0 saturated carbocycles. The highest BCUT2D eigenvalue weighted by atomic mass is 35.5. The fraction of sp³-hybridized carbons (Fsp3) is 0.231. The zero-order chi connectivity index (χ0) is 13.4. The quantitative estimate of drug-likeness (QED) is 0.904. The van der Waals surface area contributed by atoms with E-state index < -0.39 is 11.8 Å². The lowest BCUT2D eigenvalue weighted by molar-refractivity contribution is 0.0698. The summed E-state index contributed by atoms with van der Waals surface area (Å²) in [7, 11) is 0. The number of hydrogen-bond acceptors (Lipinski definition) is 2. The van der Waals surface area contributed by atoms with Crippen LogP contribution in [0.4, 0.5) is 4.39 Å². The summed E-state index contributed by atoms with van der Waals surface area (Å²) in [5.74, 6) is -1.66. The van der Waals surface area contributed by atoms with E-state index in [1.54, 1.807) is 6.92 Å². The van der Waals surface area contributed by atoms with Crippen LogP contribution in [0.5, 0.6) is 0 Å². The van der Waals surface area contributed by atoms with Crippen LogP contribution >= 0.6 is 11.6 Å². The number of carbonyl (C=O) groups is 1. The van der Waals surface area contributed by atoms with Gasteiger partial charge in [-0.2, -0.15) is 0 Å². The number of fused-ring (bicyclic) bond motifs is 1. The second-order valence-electron chi connectivity index (χ2n) is 4.00. The van der Waals surface area contributed by atoms with Crippen molar-refractivity contribution in [3.05, 3.63) is 39.8 Å². The van der Waals surface area contributed by atoms with Crippen LogP contribution in [-0.4, -0.2) is 16.1 Å². The molecule has 0 bridgehead atoms. The van der Waals surface area contributed by atoms with Gasteiger partial charge in [0.25, 0.3) is 0 Å². The van der Waals surface area contributed by atoms with Gasteiger partial charge in [-0.15, -0.1) is 0 Å². The van der Waals surface area contributed by atoms with E-state index >= 15 is 0 Å². The van der Waals surface area contributed by atoms with E-state index in [1.807, 2.05) is 6.92 Å². The number of carboxylic acid groups (broad SMARTS) is 1. The average Bonchev–Trinajstić information content (AvgIpc) is 2.30. The molecular formula is C13H11ClFNO2. The van der Waals surface area contributed by atoms with Crippen molar-refractivity contribution in [2.75, 3.05) is 0 Å². The lowest BCUT2D eigenvalue weighted by Gasteiger charge is -2.11. The van der Waals surface area contributed by atoms with Gasteiger partial charge in [-0.05, 0) is 25.0 Å². The van der Waals surface area contributed by atoms with Crippen LogP contribution < -0.4 is 0 Å². The Hall–Kier alpha value is -1.68. The molecule has 0 atom stereocenters. The molecule has 18 heavy (non-hydrogen) atoms. The van der Waals surface area contributed by atoms with Crippen LogP contribution in [0.25, 0.3) is 10.9 Å². The third kappa shape index (κ3) is 1.93. The summed E-state index contributed by atoms with van der Waals surface area (Å²) >= 11 is 5.69. The monoisotopic (exact) mass is 267 g/mol. The first kappa shape index (κ1) is 12.8. The fourth-order valence-corrected chi connectivity index (χ4v) is 2.19. The topological polar surface area (TPSA) is 50.2 Å². The lowest BCUT2D eigenvalue weighted by atomic mass is 10.0. The maximum atomic E-state index is 13.4. The fourth-order valence-electron chi connectivity index (χ4n) is 2.02. The molecule has 0 amide bonds. The molecule has 0 aliphatic carbocycles. The molecule has 2 rings (SSSR count). The van der Waals surface area contributed by atoms with Gasteiger partial charge in [-0.25, -0.2) is 9.18 Å². The first-order valence-corrected chi connectivity index (χ1v) is 5.85. The number of nitrogens with zero attached hydrogens (tertiary/aromatic N) is 1. The molecule has 1 aromatic heterocycles. The number of aryl methyl sites for hydroxylation is 1. The molecule has 3 nitrogen and oxygen atoms in total. The van der Waals surface area contributed by atoms with Crippen molar-refractivity contribution < 1.29 is 14.3 Å². The van der Waals surface area contributed by atoms with Gasteiger partial charge >= 0.3 is 5.97 Å². The van der Waals surface area contributed by atoms with Gasteiger partial charge < -0.3 is 5.11 Å². The maximum absolute atomic E-state index is 13.4. The van der Waals surface area contributed by atoms with Gasteiger partial charge in [0, 0.05) is 17.1 Å². The minimum Gasteiger partial charge on any atom is -0.478 e. The number of pyridine rings is 1. The van der Waals surface area contributed by atoms with Gasteiger partial charge in [-0.1, -0.05) is 18.5 Å². The van der Waals surface area contributed by atoms with Crippen molar-refractivity contribution in [2.45, 2.75) is 20.3 Å². The summed E-state index contributed by atoms with van der Waals surface area (Å²) in [6, 6.07) is 2.48. The van der Waals surface area contributed by atoms with Crippen molar-refractivity contribution in [3.8, 4) is 0 Å². The third-order valence-electron chi connectivity index (χ3n) is 2.92. The van der Waals surface area contributed by atoms with Crippen LogP contribution in [0.3, 0.4) is 0 Å². The molecule has 0 unspecified atom stereocenters. The van der Waals surface area contributed by atoms with Gasteiger partial charge in [-0.3, -0.25) is 4.98 Å². The number of aromatic carboxylic acids is 1. The van der Waals surface area contributed by atoms with Crippen molar-refractivity contribution >= 4 is 28.5 Å². The first-order valence-electron chi connectivity index (χ1n) is 5.47. The van der Waals surface area contributed by atoms with E-state index in [4.69, 9.17) is 11.6 Å². The van der Waals surface area contributed by atoms with Gasteiger partial charge in [0.2, 0.25) is 0 Å². The third-order valence-corrected chi connectivity index (χ3v) is 3.21. The Labute approximate surface area is 108 Å². The van der Waals surface area contributed by atoms with Crippen molar-refractivity contribution in [1.29, 1.82) is 0 Å². The number of aromatic nitrogens is 1. The Bertz CT molecular complexity index is 655. The number of halogens is 2. The molecular weight excluding hydrogens is 257 g/mol. The molecule has 0 saturated heterocycles. The Morgan fingerprint density at radius 3 is 2.72 bits per heavy atom. The van der Waals surface area contributed by atoms with Gasteiger partial charge in [0.1, 0.15) is 5.82 Å². The van der Waals surface area contributed by atoms with Crippen molar-refractivity contribution in [2.24, 2.45) is 0 Å². The standard InChI is InChI=1S/C13H11ClFNO2/c1-3-10-6(2)12(13(17)18)7-4-8(14)9(15)5-11(7)16-10/h4-5H,3H2,1-2H3,(H,17,18). The molecule has 0 fully saturated rings. The highest BCUT2D eigenvalue weighted by molar-refractivity contribution is 6.31. The molecule has 0 spiro atoms. The van der Waals surface area contributed by atoms with Crippen LogP contribution in [0, 0.1) is 12.7 Å². The molecule has 1 heterocycles. The summed E-state index contributed by atoms with van der Waals surface area (Å²) < 4.78 is 13.4. The van der Waals surface area contributed by atoms with E-state index in [2.05, 4.69) is 4.98 Å². The van der Waals surface area contributed by atoms with E-state index in [-0.39, 0.29) is 10.6 Å². The molecule has 2 aromatic rings. The lowest BCUT2D eigenvalue weighted by Crippen LogP contribution is -2.06. The summed E-state index contributed by atoms with van der Waals surface area (Å²) in [5.41, 5.74) is 1.71. The summed E-state index contributed by atoms with van der Waals surface area (Å²) in [6.07, 6.45) is 0.590. The van der Waals surface area contributed by atoms with E-state index in [1.165, 1.54) is 12.1 Å². The number of benzene rings is 1. The summed E-state index contributed by atoms with van der Waals surface area (Å²) in [6.45, 7) is 3.57. The van der Waals surface area contributed by atoms with E-state index in [0.29, 0.717) is 28.6 Å². The zero-order valence-electron chi connectivity index (χ0n) is 9.92. The molecule has 1 N–H and O–H groups in total. The van der Waals surface area contributed by atoms with Crippen LogP contribution in [0.2, 0.25) is 5.02 Å². The van der Waals surface area contributed by atoms with Crippen LogP contribution in [0.15, 0.2) is 12.1 Å². The Morgan fingerprint density at radius 1 is 1.50 bits per heavy atom. The van der Waals surface area contributed by atoms with E-state index in [0.717, 1.165) is 0 Å². The van der Waals surface area contributed by atoms with Crippen LogP contribution in [-0.2, 0) is 6.42 Å². The first-order chi connectivity index (χ1) is 8.45. The second kappa shape index (κ2) is 4.53. The molecule has 94 valence electrons. The Kier molecular flexibility index (Phi) is 3.22. The summed E-state index contributed by atoms with van der Waals surface area (Å²) in [5, 5.41) is 9.54. The normalized spacial score (nSPS) is 10.9. The summed E-state index contributed by atoms with van der Waals surface area (Å²) in [4.78, 5) is 15.6. The van der Waals surface area contributed by atoms with Gasteiger partial charge in [0.15, 0.2) is 0 Å². The number of hydrogen-bond donors (Lipinski definition) is 1. The molecule has 0 radical (unpaired) electrons. The Morgan fingerprint density at radius 2 is 2.17 bits per heavy atom. The second-order valence-corrected chi connectivity index (χ2v) is 4.41. The average molecular weight is 268 g/mol. The highest BCUT2D eigenvalue weighted by Crippen LogP contribution is 2.28. The molecule has 0 aliphatic heterocycles. The van der Waals surface area contributed by atoms with Gasteiger partial charge in [0.05, 0.1) is 16.1 Å². The highest BCUT2D eigenvalue weighted by Gasteiger charge is 2.18. The SMILES string of the molecule is CCc1nc2cc(F)c(Cl)cc2c(C(=O)O)c1C. The smallest absolute Gasteiger partial charge is 0.336 e. The Balaban J connectivity index is 2.95. The predicted octanol–water partition coefficient (Wildman–Crippen LogP) is 3.60. The largest absolute Gasteiger partial charge is 0.478 e. The molecule has 5 heteroatoms. The number of rotatable bonds is 2. The van der Waals surface area contributed by atoms with Crippen molar-refractivity contribution in [3.63, 3.8) is 0 Å². The minimum atomic E-state index is -1.06. The van der Waals surface area contributed by atoms with Crippen LogP contribution in [0.1, 0.15) is 28.5 Å². The molecule has 0 aliphatic rings. The predicted molar refractivity (Wildman–Crippen MR) is 67.8 cm³/mol. The molecule has 1 aromatic carbocycles. The van der Waals surface area contributed by atoms with Crippen molar-refractivity contribution in [1.82, 2.24) is 4.98 Å².